The molecule has 0 radical (unpaired) electrons. The Bertz CT molecular complexity index is 771. The summed E-state index contributed by atoms with van der Waals surface area (Å²) in [6.07, 6.45) is 2.85. The fraction of sp³-hybridized carbons (Fsp3) is 0.391. The van der Waals surface area contributed by atoms with Crippen molar-refractivity contribution in [1.82, 2.24) is 4.90 Å². The van der Waals surface area contributed by atoms with E-state index in [1.165, 1.54) is 0 Å². The van der Waals surface area contributed by atoms with Gasteiger partial charge in [0.25, 0.3) is 0 Å². The summed E-state index contributed by atoms with van der Waals surface area (Å²) < 4.78 is 0. The van der Waals surface area contributed by atoms with Crippen LogP contribution in [0.5, 0.6) is 0 Å². The Morgan fingerprint density at radius 3 is 2.37 bits per heavy atom. The number of carbonyl (C=O) groups is 2. The van der Waals surface area contributed by atoms with E-state index in [1.807, 2.05) is 52.3 Å². The van der Waals surface area contributed by atoms with Crippen LogP contribution >= 0.6 is 0 Å². The summed E-state index contributed by atoms with van der Waals surface area (Å²) in [5.41, 5.74) is 3.06. The number of carbonyl (C=O) groups excluding carboxylic acids is 2. The maximum absolute atomic E-state index is 13.0. The highest BCUT2D eigenvalue weighted by Crippen LogP contribution is 2.22. The van der Waals surface area contributed by atoms with Gasteiger partial charge in [-0.05, 0) is 43.0 Å². The molecule has 1 saturated heterocycles. The molecule has 2 aromatic rings. The predicted octanol–water partition coefficient (Wildman–Crippen LogP) is 4.18. The average molecular weight is 364 g/mol. The molecule has 0 aliphatic carbocycles. The zero-order valence-electron chi connectivity index (χ0n) is 16.2. The summed E-state index contributed by atoms with van der Waals surface area (Å²) in [5, 5.41) is 0. The van der Waals surface area contributed by atoms with E-state index >= 15 is 0 Å². The van der Waals surface area contributed by atoms with Gasteiger partial charge in [0.05, 0.1) is 6.42 Å². The van der Waals surface area contributed by atoms with Crippen LogP contribution in [0.4, 0.5) is 5.69 Å². The van der Waals surface area contributed by atoms with E-state index in [0.717, 1.165) is 36.2 Å². The molecule has 4 nitrogen and oxygen atoms in total. The molecule has 1 aliphatic rings. The average Bonchev–Trinajstić information content (AvgIpc) is 3.12. The Morgan fingerprint density at radius 2 is 1.78 bits per heavy atom. The first-order valence-corrected chi connectivity index (χ1v) is 9.81. The smallest absolute Gasteiger partial charge is 0.227 e. The Balaban J connectivity index is 1.68. The molecule has 0 N–H and O–H groups in total. The van der Waals surface area contributed by atoms with Crippen molar-refractivity contribution in [3.8, 4) is 0 Å². The molecular weight excluding hydrogens is 336 g/mol. The van der Waals surface area contributed by atoms with Crippen molar-refractivity contribution in [2.24, 2.45) is 0 Å². The van der Waals surface area contributed by atoms with E-state index in [2.05, 4.69) is 26.0 Å². The lowest BCUT2D eigenvalue weighted by Crippen LogP contribution is -2.38. The number of hydrogen-bond donors (Lipinski definition) is 0. The molecule has 1 fully saturated rings. The van der Waals surface area contributed by atoms with Crippen molar-refractivity contribution in [3.63, 3.8) is 0 Å². The summed E-state index contributed by atoms with van der Waals surface area (Å²) in [5.74, 6) is 0.322. The van der Waals surface area contributed by atoms with Crippen LogP contribution < -0.4 is 4.90 Å². The first-order chi connectivity index (χ1) is 13.1. The van der Waals surface area contributed by atoms with Crippen molar-refractivity contribution < 1.29 is 9.59 Å². The molecular formula is C23H28N2O2. The number of amides is 2. The summed E-state index contributed by atoms with van der Waals surface area (Å²) >= 11 is 0. The minimum atomic E-state index is 0.137. The fourth-order valence-corrected chi connectivity index (χ4v) is 3.48. The fourth-order valence-electron chi connectivity index (χ4n) is 3.48. The van der Waals surface area contributed by atoms with Crippen LogP contribution in [0, 0.1) is 0 Å². The molecule has 1 unspecified atom stereocenters. The zero-order chi connectivity index (χ0) is 19.2. The van der Waals surface area contributed by atoms with Crippen LogP contribution in [0.25, 0.3) is 0 Å². The third-order valence-corrected chi connectivity index (χ3v) is 5.32. The second kappa shape index (κ2) is 8.85. The number of hydrogen-bond acceptors (Lipinski definition) is 2. The molecule has 1 heterocycles. The number of nitrogens with zero attached hydrogens (tertiary/aromatic N) is 2. The standard InChI is InChI=1S/C23H28N2O2/c1-3-18(2)25(17-20-8-5-4-6-9-20)23(27)16-19-11-13-21(14-12-19)24-15-7-10-22(24)26/h4-6,8-9,11-14,18H,3,7,10,15-17H2,1-2H3. The normalized spacial score (nSPS) is 15.0. The molecule has 2 aromatic carbocycles. The number of rotatable bonds is 7. The van der Waals surface area contributed by atoms with Gasteiger partial charge in [0.2, 0.25) is 11.8 Å². The molecule has 0 spiro atoms. The van der Waals surface area contributed by atoms with Crippen molar-refractivity contribution in [1.29, 1.82) is 0 Å². The van der Waals surface area contributed by atoms with Gasteiger partial charge in [-0.3, -0.25) is 9.59 Å². The van der Waals surface area contributed by atoms with Crippen molar-refractivity contribution >= 4 is 17.5 Å². The SMILES string of the molecule is CCC(C)N(Cc1ccccc1)C(=O)Cc1ccc(N2CCCC2=O)cc1. The number of benzene rings is 2. The molecule has 3 rings (SSSR count). The van der Waals surface area contributed by atoms with E-state index in [-0.39, 0.29) is 17.9 Å². The quantitative estimate of drug-likeness (QED) is 0.739. The van der Waals surface area contributed by atoms with Crippen LogP contribution in [0.3, 0.4) is 0 Å². The molecule has 2 amide bonds. The van der Waals surface area contributed by atoms with E-state index in [1.54, 1.807) is 0 Å². The maximum atomic E-state index is 13.0. The van der Waals surface area contributed by atoms with Gasteiger partial charge in [-0.25, -0.2) is 0 Å². The molecule has 1 aliphatic heterocycles. The van der Waals surface area contributed by atoms with Crippen LogP contribution in [0.1, 0.15) is 44.2 Å². The van der Waals surface area contributed by atoms with Crippen LogP contribution in [0.15, 0.2) is 54.6 Å². The van der Waals surface area contributed by atoms with Gasteiger partial charge in [-0.1, -0.05) is 49.4 Å². The minimum absolute atomic E-state index is 0.137. The van der Waals surface area contributed by atoms with Gasteiger partial charge in [-0.15, -0.1) is 0 Å². The summed E-state index contributed by atoms with van der Waals surface area (Å²) in [7, 11) is 0. The predicted molar refractivity (Wildman–Crippen MR) is 108 cm³/mol. The molecule has 4 heteroatoms. The largest absolute Gasteiger partial charge is 0.335 e. The Kier molecular flexibility index (Phi) is 6.28. The third-order valence-electron chi connectivity index (χ3n) is 5.32. The monoisotopic (exact) mass is 364 g/mol. The molecule has 0 bridgehead atoms. The molecule has 0 saturated carbocycles. The van der Waals surface area contributed by atoms with Crippen molar-refractivity contribution in [3.05, 3.63) is 65.7 Å². The first kappa shape index (κ1) is 19.2. The van der Waals surface area contributed by atoms with Gasteiger partial charge >= 0.3 is 0 Å². The zero-order valence-corrected chi connectivity index (χ0v) is 16.2. The molecule has 27 heavy (non-hydrogen) atoms. The highest BCUT2D eigenvalue weighted by atomic mass is 16.2. The topological polar surface area (TPSA) is 40.6 Å². The lowest BCUT2D eigenvalue weighted by Gasteiger charge is -2.29. The lowest BCUT2D eigenvalue weighted by atomic mass is 10.1. The number of anilines is 1. The van der Waals surface area contributed by atoms with Gasteiger partial charge in [0.15, 0.2) is 0 Å². The van der Waals surface area contributed by atoms with Crippen molar-refractivity contribution in [2.75, 3.05) is 11.4 Å². The Morgan fingerprint density at radius 1 is 1.07 bits per heavy atom. The second-order valence-electron chi connectivity index (χ2n) is 7.26. The summed E-state index contributed by atoms with van der Waals surface area (Å²) in [6.45, 7) is 5.63. The summed E-state index contributed by atoms with van der Waals surface area (Å²) in [6, 6.07) is 18.2. The maximum Gasteiger partial charge on any atom is 0.227 e. The highest BCUT2D eigenvalue weighted by molar-refractivity contribution is 5.95. The second-order valence-corrected chi connectivity index (χ2v) is 7.26. The minimum Gasteiger partial charge on any atom is -0.335 e. The van der Waals surface area contributed by atoms with Crippen molar-refractivity contribution in [2.45, 2.75) is 52.1 Å². The Hall–Kier alpha value is -2.62. The highest BCUT2D eigenvalue weighted by Gasteiger charge is 2.22. The summed E-state index contributed by atoms with van der Waals surface area (Å²) in [4.78, 5) is 28.6. The van der Waals surface area contributed by atoms with Crippen LogP contribution in [0.2, 0.25) is 0 Å². The van der Waals surface area contributed by atoms with Gasteiger partial charge in [0, 0.05) is 31.2 Å². The van der Waals surface area contributed by atoms with Gasteiger partial charge in [0.1, 0.15) is 0 Å². The Labute approximate surface area is 161 Å². The van der Waals surface area contributed by atoms with Gasteiger partial charge < -0.3 is 9.80 Å². The van der Waals surface area contributed by atoms with Crippen LogP contribution in [-0.4, -0.2) is 29.3 Å². The lowest BCUT2D eigenvalue weighted by molar-refractivity contribution is -0.133. The van der Waals surface area contributed by atoms with E-state index in [0.29, 0.717) is 19.4 Å². The third kappa shape index (κ3) is 4.76. The molecule has 1 atom stereocenters. The molecule has 0 aromatic heterocycles. The molecule has 142 valence electrons. The van der Waals surface area contributed by atoms with Gasteiger partial charge in [-0.2, -0.15) is 0 Å². The van der Waals surface area contributed by atoms with Crippen LogP contribution in [-0.2, 0) is 22.6 Å². The van der Waals surface area contributed by atoms with E-state index in [4.69, 9.17) is 0 Å². The van der Waals surface area contributed by atoms with E-state index in [9.17, 15) is 9.59 Å². The first-order valence-electron chi connectivity index (χ1n) is 9.81. The van der Waals surface area contributed by atoms with E-state index < -0.39 is 0 Å².